The summed E-state index contributed by atoms with van der Waals surface area (Å²) in [5.41, 5.74) is 1.54. The highest BCUT2D eigenvalue weighted by Gasteiger charge is 2.10. The van der Waals surface area contributed by atoms with E-state index < -0.39 is 5.97 Å². The summed E-state index contributed by atoms with van der Waals surface area (Å²) in [6.07, 6.45) is 0.594. The zero-order valence-corrected chi connectivity index (χ0v) is 10.5. The second-order valence-corrected chi connectivity index (χ2v) is 3.72. The molecule has 1 aromatic rings. The van der Waals surface area contributed by atoms with Gasteiger partial charge in [0.2, 0.25) is 5.91 Å². The monoisotopic (exact) mass is 251 g/mol. The average molecular weight is 251 g/mol. The van der Waals surface area contributed by atoms with Crippen LogP contribution < -0.4 is 5.32 Å². The first kappa shape index (κ1) is 14.2. The molecule has 18 heavy (non-hydrogen) atoms. The van der Waals surface area contributed by atoms with Crippen molar-refractivity contribution in [1.29, 1.82) is 0 Å². The Morgan fingerprint density at radius 2 is 2.06 bits per heavy atom. The quantitative estimate of drug-likeness (QED) is 0.810. The van der Waals surface area contributed by atoms with Gasteiger partial charge in [0.15, 0.2) is 0 Å². The van der Waals surface area contributed by atoms with Crippen LogP contribution in [0.5, 0.6) is 0 Å². The molecule has 0 aromatic heterocycles. The molecule has 0 aliphatic rings. The van der Waals surface area contributed by atoms with Gasteiger partial charge in [-0.1, -0.05) is 6.92 Å². The smallest absolute Gasteiger partial charge is 0.335 e. The number of carboxylic acid groups (broad SMARTS) is 1. The van der Waals surface area contributed by atoms with E-state index in [9.17, 15) is 9.59 Å². The Balaban J connectivity index is 2.79. The first-order chi connectivity index (χ1) is 8.58. The predicted molar refractivity (Wildman–Crippen MR) is 67.9 cm³/mol. The lowest BCUT2D eigenvalue weighted by Crippen LogP contribution is -2.18. The fourth-order valence-corrected chi connectivity index (χ4v) is 1.56. The largest absolute Gasteiger partial charge is 0.478 e. The Labute approximate surface area is 106 Å². The van der Waals surface area contributed by atoms with Crippen molar-refractivity contribution in [2.45, 2.75) is 20.3 Å². The highest BCUT2D eigenvalue weighted by atomic mass is 16.5. The van der Waals surface area contributed by atoms with Gasteiger partial charge in [0.1, 0.15) is 6.61 Å². The highest BCUT2D eigenvalue weighted by Crippen LogP contribution is 2.16. The predicted octanol–water partition coefficient (Wildman–Crippen LogP) is 1.92. The molecule has 0 fully saturated rings. The maximum absolute atomic E-state index is 11.4. The Morgan fingerprint density at radius 1 is 1.33 bits per heavy atom. The zero-order chi connectivity index (χ0) is 13.5. The summed E-state index contributed by atoms with van der Waals surface area (Å²) in [7, 11) is 0. The first-order valence-corrected chi connectivity index (χ1v) is 5.82. The van der Waals surface area contributed by atoms with Crippen LogP contribution >= 0.6 is 0 Å². The molecular formula is C13H17NO4. The third kappa shape index (κ3) is 3.85. The highest BCUT2D eigenvalue weighted by molar-refractivity contribution is 5.94. The van der Waals surface area contributed by atoms with Crippen molar-refractivity contribution >= 4 is 17.6 Å². The Hall–Kier alpha value is -1.88. The molecule has 0 atom stereocenters. The minimum atomic E-state index is -0.959. The van der Waals surface area contributed by atoms with Crippen LogP contribution in [0.2, 0.25) is 0 Å². The number of aromatic carboxylic acids is 1. The summed E-state index contributed by atoms with van der Waals surface area (Å²) in [5, 5.41) is 11.6. The Morgan fingerprint density at radius 3 is 2.61 bits per heavy atom. The van der Waals surface area contributed by atoms with E-state index in [2.05, 4.69) is 5.32 Å². The summed E-state index contributed by atoms with van der Waals surface area (Å²) in [6, 6.07) is 4.75. The summed E-state index contributed by atoms with van der Waals surface area (Å²) in [4.78, 5) is 22.4. The van der Waals surface area contributed by atoms with Gasteiger partial charge in [-0.3, -0.25) is 4.79 Å². The number of carbonyl (C=O) groups excluding carboxylic acids is 1. The molecule has 0 unspecified atom stereocenters. The number of carbonyl (C=O) groups is 2. The van der Waals surface area contributed by atoms with E-state index in [0.29, 0.717) is 24.3 Å². The number of aryl methyl sites for hydroxylation is 1. The molecule has 1 rings (SSSR count). The van der Waals surface area contributed by atoms with Crippen molar-refractivity contribution in [1.82, 2.24) is 0 Å². The Kier molecular flexibility index (Phi) is 5.32. The van der Waals surface area contributed by atoms with E-state index in [1.54, 1.807) is 12.1 Å². The van der Waals surface area contributed by atoms with Gasteiger partial charge in [-0.25, -0.2) is 4.79 Å². The van der Waals surface area contributed by atoms with Gasteiger partial charge < -0.3 is 15.2 Å². The maximum Gasteiger partial charge on any atom is 0.335 e. The number of benzene rings is 1. The van der Waals surface area contributed by atoms with Gasteiger partial charge in [-0.15, -0.1) is 0 Å². The summed E-state index contributed by atoms with van der Waals surface area (Å²) in [6.45, 7) is 4.15. The molecule has 0 spiro atoms. The normalized spacial score (nSPS) is 10.1. The molecule has 5 nitrogen and oxygen atoms in total. The van der Waals surface area contributed by atoms with Crippen LogP contribution in [0.1, 0.15) is 29.8 Å². The second-order valence-electron chi connectivity index (χ2n) is 3.72. The molecule has 5 heteroatoms. The summed E-state index contributed by atoms with van der Waals surface area (Å²) in [5.74, 6) is -1.21. The maximum atomic E-state index is 11.4. The van der Waals surface area contributed by atoms with Crippen LogP contribution in [-0.2, 0) is 16.0 Å². The first-order valence-electron chi connectivity index (χ1n) is 5.82. The molecule has 0 bridgehead atoms. The molecular weight excluding hydrogens is 234 g/mol. The molecule has 1 aromatic carbocycles. The van der Waals surface area contributed by atoms with Crippen molar-refractivity contribution in [3.05, 3.63) is 29.3 Å². The Bertz CT molecular complexity index is 443. The van der Waals surface area contributed by atoms with Crippen molar-refractivity contribution < 1.29 is 19.4 Å². The van der Waals surface area contributed by atoms with Crippen molar-refractivity contribution in [3.63, 3.8) is 0 Å². The molecule has 0 aliphatic carbocycles. The summed E-state index contributed by atoms with van der Waals surface area (Å²) >= 11 is 0. The van der Waals surface area contributed by atoms with Gasteiger partial charge in [0.05, 0.1) is 5.56 Å². The molecule has 0 aliphatic heterocycles. The molecule has 1 amide bonds. The van der Waals surface area contributed by atoms with Crippen molar-refractivity contribution in [2.75, 3.05) is 18.5 Å². The van der Waals surface area contributed by atoms with Gasteiger partial charge in [0.25, 0.3) is 0 Å². The van der Waals surface area contributed by atoms with E-state index >= 15 is 0 Å². The topological polar surface area (TPSA) is 75.6 Å². The minimum absolute atomic E-state index is 0.00135. The van der Waals surface area contributed by atoms with E-state index in [1.165, 1.54) is 6.07 Å². The lowest BCUT2D eigenvalue weighted by molar-refractivity contribution is -0.120. The number of anilines is 1. The van der Waals surface area contributed by atoms with Crippen LogP contribution in [0.4, 0.5) is 5.69 Å². The molecule has 0 saturated heterocycles. The molecule has 2 N–H and O–H groups in total. The third-order valence-electron chi connectivity index (χ3n) is 2.44. The number of carboxylic acids is 1. The third-order valence-corrected chi connectivity index (χ3v) is 2.44. The number of nitrogens with one attached hydrogen (secondary N) is 1. The SMILES string of the molecule is CCOCC(=O)Nc1ccc(C(=O)O)c(CC)c1. The lowest BCUT2D eigenvalue weighted by atomic mass is 10.0. The number of ether oxygens (including phenoxy) is 1. The summed E-state index contributed by atoms with van der Waals surface area (Å²) < 4.78 is 4.98. The van der Waals surface area contributed by atoms with Gasteiger partial charge in [-0.2, -0.15) is 0 Å². The van der Waals surface area contributed by atoms with Gasteiger partial charge in [0, 0.05) is 12.3 Å². The van der Waals surface area contributed by atoms with E-state index in [1.807, 2.05) is 13.8 Å². The average Bonchev–Trinajstić information content (AvgIpc) is 2.35. The van der Waals surface area contributed by atoms with Crippen molar-refractivity contribution in [3.8, 4) is 0 Å². The number of hydrogen-bond donors (Lipinski definition) is 2. The van der Waals surface area contributed by atoms with Crippen LogP contribution in [0.25, 0.3) is 0 Å². The zero-order valence-electron chi connectivity index (χ0n) is 10.5. The van der Waals surface area contributed by atoms with E-state index in [4.69, 9.17) is 9.84 Å². The van der Waals surface area contributed by atoms with Crippen LogP contribution in [0.15, 0.2) is 18.2 Å². The molecule has 0 heterocycles. The van der Waals surface area contributed by atoms with Crippen molar-refractivity contribution in [2.24, 2.45) is 0 Å². The minimum Gasteiger partial charge on any atom is -0.478 e. The van der Waals surface area contributed by atoms with E-state index in [-0.39, 0.29) is 18.1 Å². The molecule has 0 saturated carbocycles. The van der Waals surface area contributed by atoms with Crippen LogP contribution in [0.3, 0.4) is 0 Å². The number of amides is 1. The van der Waals surface area contributed by atoms with Crippen LogP contribution in [0, 0.1) is 0 Å². The fraction of sp³-hybridized carbons (Fsp3) is 0.385. The van der Waals surface area contributed by atoms with Crippen LogP contribution in [-0.4, -0.2) is 30.2 Å². The fourth-order valence-electron chi connectivity index (χ4n) is 1.56. The van der Waals surface area contributed by atoms with Gasteiger partial charge in [-0.05, 0) is 37.1 Å². The van der Waals surface area contributed by atoms with E-state index in [0.717, 1.165) is 0 Å². The number of rotatable bonds is 6. The standard InChI is InChI=1S/C13H17NO4/c1-3-9-7-10(5-6-11(9)13(16)17)14-12(15)8-18-4-2/h5-7H,3-4,8H2,1-2H3,(H,14,15)(H,16,17). The van der Waals surface area contributed by atoms with Gasteiger partial charge >= 0.3 is 5.97 Å². The molecule has 98 valence electrons. The molecule has 0 radical (unpaired) electrons. The lowest BCUT2D eigenvalue weighted by Gasteiger charge is -2.09. The second kappa shape index (κ2) is 6.76. The number of hydrogen-bond acceptors (Lipinski definition) is 3.